The fraction of sp³-hybridized carbons (Fsp3) is 0. The zero-order valence-corrected chi connectivity index (χ0v) is 9.15. The van der Waals surface area contributed by atoms with Gasteiger partial charge in [0, 0.05) is 5.02 Å². The van der Waals surface area contributed by atoms with Crippen molar-refractivity contribution < 1.29 is 9.18 Å². The van der Waals surface area contributed by atoms with Gasteiger partial charge in [-0.25, -0.2) is 9.37 Å². The van der Waals surface area contributed by atoms with E-state index in [4.69, 9.17) is 11.6 Å². The number of nitrogens with zero attached hydrogens (tertiary/aromatic N) is 3. The Balaban J connectivity index is 2.23. The number of amides is 1. The van der Waals surface area contributed by atoms with Gasteiger partial charge < -0.3 is 0 Å². The Morgan fingerprint density at radius 1 is 1.35 bits per heavy atom. The number of carbonyl (C=O) groups is 1. The van der Waals surface area contributed by atoms with Gasteiger partial charge in [0.15, 0.2) is 0 Å². The predicted octanol–water partition coefficient (Wildman–Crippen LogP) is 1.92. The van der Waals surface area contributed by atoms with E-state index in [1.54, 1.807) is 0 Å². The van der Waals surface area contributed by atoms with Gasteiger partial charge in [0.2, 0.25) is 5.95 Å². The Morgan fingerprint density at radius 2 is 2.18 bits per heavy atom. The second-order valence-electron chi connectivity index (χ2n) is 3.04. The van der Waals surface area contributed by atoms with Crippen LogP contribution in [-0.2, 0) is 0 Å². The third-order valence-electron chi connectivity index (χ3n) is 1.88. The first-order chi connectivity index (χ1) is 8.16. The Kier molecular flexibility index (Phi) is 3.24. The summed E-state index contributed by atoms with van der Waals surface area (Å²) in [5, 5.41) is 9.64. The van der Waals surface area contributed by atoms with Gasteiger partial charge in [-0.2, -0.15) is 5.10 Å². The maximum atomic E-state index is 13.3. The summed E-state index contributed by atoms with van der Waals surface area (Å²) in [5.41, 5.74) is -0.176. The Hall–Kier alpha value is -2.08. The first kappa shape index (κ1) is 11.4. The SMILES string of the molecule is O=C(Nc1nccnn1)c1cc(Cl)ccc1F. The van der Waals surface area contributed by atoms with E-state index in [0.29, 0.717) is 0 Å². The maximum Gasteiger partial charge on any atom is 0.261 e. The number of carbonyl (C=O) groups excluding carboxylic acids is 1. The largest absolute Gasteiger partial charge is 0.289 e. The van der Waals surface area contributed by atoms with Gasteiger partial charge in [0.25, 0.3) is 5.91 Å². The van der Waals surface area contributed by atoms with Crippen molar-refractivity contribution in [3.8, 4) is 0 Å². The van der Waals surface area contributed by atoms with Gasteiger partial charge in [-0.15, -0.1) is 5.10 Å². The molecular formula is C10H6ClFN4O. The number of halogens is 2. The molecule has 0 radical (unpaired) electrons. The molecule has 1 N–H and O–H groups in total. The molecule has 1 heterocycles. The van der Waals surface area contributed by atoms with E-state index in [2.05, 4.69) is 20.5 Å². The van der Waals surface area contributed by atoms with Crippen molar-refractivity contribution in [1.29, 1.82) is 0 Å². The minimum absolute atomic E-state index is 0.00289. The van der Waals surface area contributed by atoms with Crippen LogP contribution in [0.4, 0.5) is 10.3 Å². The minimum atomic E-state index is -0.682. The third kappa shape index (κ3) is 2.73. The lowest BCUT2D eigenvalue weighted by Gasteiger charge is -2.03. The highest BCUT2D eigenvalue weighted by atomic mass is 35.5. The molecule has 1 amide bonds. The summed E-state index contributed by atoms with van der Waals surface area (Å²) in [6, 6.07) is 3.69. The number of aromatic nitrogens is 3. The van der Waals surface area contributed by atoms with Gasteiger partial charge in [-0.1, -0.05) is 11.6 Å². The molecule has 0 atom stereocenters. The molecule has 0 bridgehead atoms. The van der Waals surface area contributed by atoms with Crippen LogP contribution < -0.4 is 5.32 Å². The van der Waals surface area contributed by atoms with E-state index in [-0.39, 0.29) is 16.5 Å². The zero-order chi connectivity index (χ0) is 12.3. The molecule has 0 spiro atoms. The topological polar surface area (TPSA) is 67.8 Å². The van der Waals surface area contributed by atoms with E-state index < -0.39 is 11.7 Å². The lowest BCUT2D eigenvalue weighted by Crippen LogP contribution is -2.16. The highest BCUT2D eigenvalue weighted by Crippen LogP contribution is 2.15. The summed E-state index contributed by atoms with van der Waals surface area (Å²) >= 11 is 5.67. The summed E-state index contributed by atoms with van der Waals surface area (Å²) in [5.74, 6) is -1.36. The second kappa shape index (κ2) is 4.84. The van der Waals surface area contributed by atoms with Gasteiger partial charge in [-0.3, -0.25) is 10.1 Å². The average molecular weight is 253 g/mol. The molecule has 0 unspecified atom stereocenters. The second-order valence-corrected chi connectivity index (χ2v) is 3.48. The van der Waals surface area contributed by atoms with Crippen LogP contribution in [0.2, 0.25) is 5.02 Å². The quantitative estimate of drug-likeness (QED) is 0.887. The monoisotopic (exact) mass is 252 g/mol. The first-order valence-electron chi connectivity index (χ1n) is 4.57. The van der Waals surface area contributed by atoms with E-state index in [1.165, 1.54) is 24.5 Å². The molecule has 1 aromatic heterocycles. The Labute approximate surface area is 101 Å². The molecule has 86 valence electrons. The van der Waals surface area contributed by atoms with Crippen molar-refractivity contribution in [3.05, 3.63) is 47.0 Å². The van der Waals surface area contributed by atoms with Crippen LogP contribution in [-0.4, -0.2) is 21.1 Å². The summed E-state index contributed by atoms with van der Waals surface area (Å²) < 4.78 is 13.3. The number of benzene rings is 1. The molecule has 0 aliphatic heterocycles. The van der Waals surface area contributed by atoms with Crippen LogP contribution in [0.15, 0.2) is 30.6 Å². The van der Waals surface area contributed by atoms with Gasteiger partial charge in [0.05, 0.1) is 18.0 Å². The smallest absolute Gasteiger partial charge is 0.261 e. The summed E-state index contributed by atoms with van der Waals surface area (Å²) in [6.07, 6.45) is 2.71. The normalized spacial score (nSPS) is 10.0. The molecule has 0 aliphatic rings. The van der Waals surface area contributed by atoms with Crippen molar-refractivity contribution in [1.82, 2.24) is 15.2 Å². The van der Waals surface area contributed by atoms with Gasteiger partial charge in [0.1, 0.15) is 5.82 Å². The van der Waals surface area contributed by atoms with Crippen LogP contribution in [0.25, 0.3) is 0 Å². The molecule has 2 aromatic rings. The van der Waals surface area contributed by atoms with Crippen LogP contribution in [0.5, 0.6) is 0 Å². The average Bonchev–Trinajstić information content (AvgIpc) is 2.33. The molecular weight excluding hydrogens is 247 g/mol. The zero-order valence-electron chi connectivity index (χ0n) is 8.39. The molecule has 5 nitrogen and oxygen atoms in total. The molecule has 7 heteroatoms. The lowest BCUT2D eigenvalue weighted by molar-refractivity contribution is 0.102. The minimum Gasteiger partial charge on any atom is -0.289 e. The fourth-order valence-electron chi connectivity index (χ4n) is 1.15. The van der Waals surface area contributed by atoms with Crippen molar-refractivity contribution in [3.63, 3.8) is 0 Å². The molecule has 1 aromatic carbocycles. The van der Waals surface area contributed by atoms with E-state index in [0.717, 1.165) is 6.07 Å². The number of hydrogen-bond donors (Lipinski definition) is 1. The molecule has 2 rings (SSSR count). The number of hydrogen-bond acceptors (Lipinski definition) is 4. The highest BCUT2D eigenvalue weighted by Gasteiger charge is 2.13. The van der Waals surface area contributed by atoms with Gasteiger partial charge >= 0.3 is 0 Å². The standard InChI is InChI=1S/C10H6ClFN4O/c11-6-1-2-8(12)7(5-6)9(17)15-10-13-3-4-14-16-10/h1-5H,(H,13,15,16,17). The van der Waals surface area contributed by atoms with E-state index in [9.17, 15) is 9.18 Å². The highest BCUT2D eigenvalue weighted by molar-refractivity contribution is 6.31. The predicted molar refractivity (Wildman–Crippen MR) is 59.2 cm³/mol. The lowest BCUT2D eigenvalue weighted by atomic mass is 10.2. The summed E-state index contributed by atoms with van der Waals surface area (Å²) in [7, 11) is 0. The first-order valence-corrected chi connectivity index (χ1v) is 4.95. The molecule has 0 saturated heterocycles. The molecule has 0 fully saturated rings. The van der Waals surface area contributed by atoms with Crippen molar-refractivity contribution >= 4 is 23.5 Å². The van der Waals surface area contributed by atoms with Crippen LogP contribution >= 0.6 is 11.6 Å². The summed E-state index contributed by atoms with van der Waals surface area (Å²) in [6.45, 7) is 0. The number of rotatable bonds is 2. The van der Waals surface area contributed by atoms with Crippen LogP contribution in [0.3, 0.4) is 0 Å². The van der Waals surface area contributed by atoms with Crippen molar-refractivity contribution in [2.45, 2.75) is 0 Å². The molecule has 0 saturated carbocycles. The van der Waals surface area contributed by atoms with Crippen molar-refractivity contribution in [2.75, 3.05) is 5.32 Å². The maximum absolute atomic E-state index is 13.3. The van der Waals surface area contributed by atoms with E-state index >= 15 is 0 Å². The number of anilines is 1. The Morgan fingerprint density at radius 3 is 2.88 bits per heavy atom. The van der Waals surface area contributed by atoms with Gasteiger partial charge in [-0.05, 0) is 18.2 Å². The van der Waals surface area contributed by atoms with Crippen LogP contribution in [0.1, 0.15) is 10.4 Å². The summed E-state index contributed by atoms with van der Waals surface area (Å²) in [4.78, 5) is 15.4. The third-order valence-corrected chi connectivity index (χ3v) is 2.12. The molecule has 0 aliphatic carbocycles. The van der Waals surface area contributed by atoms with E-state index in [1.807, 2.05) is 0 Å². The van der Waals surface area contributed by atoms with Crippen LogP contribution in [0, 0.1) is 5.82 Å². The fourth-order valence-corrected chi connectivity index (χ4v) is 1.32. The number of nitrogens with one attached hydrogen (secondary N) is 1. The Bertz CT molecular complexity index is 549. The van der Waals surface area contributed by atoms with Crippen molar-refractivity contribution in [2.24, 2.45) is 0 Å². The molecule has 17 heavy (non-hydrogen) atoms.